The minimum atomic E-state index is -2.78. The molecule has 0 spiro atoms. The average Bonchev–Trinajstić information content (AvgIpc) is 3.26. The van der Waals surface area contributed by atoms with Crippen LogP contribution in [0.15, 0.2) is 51.1 Å². The summed E-state index contributed by atoms with van der Waals surface area (Å²) in [5.41, 5.74) is 0. The molecule has 3 rings (SSSR count). The van der Waals surface area contributed by atoms with Gasteiger partial charge in [0.15, 0.2) is 0 Å². The van der Waals surface area contributed by atoms with Crippen molar-refractivity contribution >= 4 is 29.6 Å². The van der Waals surface area contributed by atoms with Crippen molar-refractivity contribution in [1.29, 1.82) is 0 Å². The summed E-state index contributed by atoms with van der Waals surface area (Å²) in [6.45, 7) is 2.09. The van der Waals surface area contributed by atoms with Gasteiger partial charge in [-0.2, -0.15) is 9.78 Å². The van der Waals surface area contributed by atoms with E-state index in [9.17, 15) is 8.78 Å². The lowest BCUT2D eigenvalue weighted by Crippen LogP contribution is -2.00. The van der Waals surface area contributed by atoms with Crippen LogP contribution in [-0.2, 0) is 6.61 Å². The van der Waals surface area contributed by atoms with E-state index in [-0.39, 0.29) is 6.61 Å². The lowest BCUT2D eigenvalue weighted by Gasteiger charge is -2.03. The van der Waals surface area contributed by atoms with Gasteiger partial charge in [-0.1, -0.05) is 30.3 Å². The van der Waals surface area contributed by atoms with E-state index < -0.39 is 12.2 Å². The molecular formula is C17H15ClF2N4O2S. The summed E-state index contributed by atoms with van der Waals surface area (Å²) in [6, 6.07) is 10.3. The Morgan fingerprint density at radius 1 is 1.26 bits per heavy atom. The number of benzene rings is 1. The fourth-order valence-electron chi connectivity index (χ4n) is 2.08. The molecule has 0 N–H and O–H groups in total. The van der Waals surface area contributed by atoms with E-state index in [2.05, 4.69) is 15.3 Å². The summed E-state index contributed by atoms with van der Waals surface area (Å²) < 4.78 is 38.3. The van der Waals surface area contributed by atoms with Gasteiger partial charge in [-0.15, -0.1) is 10.2 Å². The molecule has 3 aromatic rings. The first-order valence-electron chi connectivity index (χ1n) is 7.94. The highest BCUT2D eigenvalue weighted by Gasteiger charge is 2.19. The molecule has 0 saturated heterocycles. The van der Waals surface area contributed by atoms with Gasteiger partial charge in [0.05, 0.1) is 6.21 Å². The summed E-state index contributed by atoms with van der Waals surface area (Å²) in [4.78, 5) is 0. The highest BCUT2D eigenvalue weighted by molar-refractivity contribution is 7.99. The van der Waals surface area contributed by atoms with E-state index >= 15 is 0 Å². The quantitative estimate of drug-likeness (QED) is 0.383. The van der Waals surface area contributed by atoms with E-state index in [4.69, 9.17) is 20.8 Å². The maximum atomic E-state index is 13.0. The number of nitrogens with zero attached hydrogens (tertiary/aromatic N) is 4. The first-order chi connectivity index (χ1) is 13.1. The molecule has 142 valence electrons. The van der Waals surface area contributed by atoms with Crippen LogP contribution in [-0.4, -0.2) is 26.8 Å². The molecule has 0 fully saturated rings. The highest BCUT2D eigenvalue weighted by Crippen LogP contribution is 2.23. The summed E-state index contributed by atoms with van der Waals surface area (Å²) in [5.74, 6) is 1.75. The lowest BCUT2D eigenvalue weighted by molar-refractivity contribution is 0.135. The van der Waals surface area contributed by atoms with Gasteiger partial charge in [0.25, 0.3) is 6.43 Å². The van der Waals surface area contributed by atoms with Crippen LogP contribution < -0.4 is 4.74 Å². The van der Waals surface area contributed by atoms with E-state index in [0.717, 1.165) is 4.68 Å². The largest absolute Gasteiger partial charge is 0.486 e. The number of ether oxygens (including phenoxy) is 1. The van der Waals surface area contributed by atoms with Crippen molar-refractivity contribution in [2.24, 2.45) is 5.10 Å². The highest BCUT2D eigenvalue weighted by atomic mass is 35.5. The van der Waals surface area contributed by atoms with Crippen molar-refractivity contribution in [2.75, 3.05) is 5.75 Å². The van der Waals surface area contributed by atoms with Gasteiger partial charge >= 0.3 is 0 Å². The zero-order valence-electron chi connectivity index (χ0n) is 14.2. The minimum absolute atomic E-state index is 0.210. The molecule has 0 amide bonds. The molecule has 2 heterocycles. The Morgan fingerprint density at radius 3 is 2.74 bits per heavy atom. The molecular weight excluding hydrogens is 398 g/mol. The third-order valence-electron chi connectivity index (χ3n) is 3.28. The topological polar surface area (TPSA) is 65.4 Å². The second kappa shape index (κ2) is 9.01. The smallest absolute Gasteiger partial charge is 0.299 e. The van der Waals surface area contributed by atoms with Crippen LogP contribution in [0.5, 0.6) is 5.75 Å². The molecule has 0 bridgehead atoms. The van der Waals surface area contributed by atoms with Crippen molar-refractivity contribution in [3.05, 3.63) is 58.8 Å². The SMILES string of the molecule is CCSc1nnc(C(F)F)n1/N=C\c1ccc(COc2ccc(Cl)cc2)o1. The Bertz CT molecular complexity index is 912. The van der Waals surface area contributed by atoms with Crippen LogP contribution in [0.1, 0.15) is 30.7 Å². The van der Waals surface area contributed by atoms with Crippen LogP contribution >= 0.6 is 23.4 Å². The van der Waals surface area contributed by atoms with E-state index in [0.29, 0.717) is 33.2 Å². The molecule has 0 aliphatic carbocycles. The fourth-order valence-corrected chi connectivity index (χ4v) is 2.83. The van der Waals surface area contributed by atoms with Crippen molar-refractivity contribution in [2.45, 2.75) is 25.1 Å². The van der Waals surface area contributed by atoms with Gasteiger partial charge in [-0.3, -0.25) is 0 Å². The summed E-state index contributed by atoms with van der Waals surface area (Å²) >= 11 is 7.09. The Kier molecular flexibility index (Phi) is 6.46. The van der Waals surface area contributed by atoms with Gasteiger partial charge in [0.2, 0.25) is 11.0 Å². The molecule has 2 aromatic heterocycles. The number of aromatic nitrogens is 3. The third kappa shape index (κ3) is 5.08. The Morgan fingerprint density at radius 2 is 2.04 bits per heavy atom. The molecule has 6 nitrogen and oxygen atoms in total. The number of furan rings is 1. The second-order valence-electron chi connectivity index (χ2n) is 5.18. The molecule has 0 aliphatic heterocycles. The Hall–Kier alpha value is -2.39. The van der Waals surface area contributed by atoms with Crippen LogP contribution in [0.3, 0.4) is 0 Å². The number of hydrogen-bond acceptors (Lipinski definition) is 6. The van der Waals surface area contributed by atoms with Crippen LogP contribution in [0.2, 0.25) is 5.02 Å². The number of halogens is 3. The lowest BCUT2D eigenvalue weighted by atomic mass is 10.3. The standard InChI is InChI=1S/C17H15ClF2N4O2S/c1-2-27-17-23-22-16(15(19)20)24(17)21-9-13-7-8-14(26-13)10-25-12-5-3-11(18)4-6-12/h3-9,15H,2,10H2,1H3/b21-9-. The molecule has 0 radical (unpaired) electrons. The predicted octanol–water partition coefficient (Wildman–Crippen LogP) is 5.04. The summed E-state index contributed by atoms with van der Waals surface area (Å²) in [6.07, 6.45) is -1.44. The van der Waals surface area contributed by atoms with Crippen molar-refractivity contribution in [1.82, 2.24) is 14.9 Å². The minimum Gasteiger partial charge on any atom is -0.486 e. The third-order valence-corrected chi connectivity index (χ3v) is 4.34. The fraction of sp³-hybridized carbons (Fsp3) is 0.235. The molecule has 0 saturated carbocycles. The number of hydrogen-bond donors (Lipinski definition) is 0. The van der Waals surface area contributed by atoms with Crippen LogP contribution in [0, 0.1) is 0 Å². The van der Waals surface area contributed by atoms with E-state index in [1.165, 1.54) is 18.0 Å². The van der Waals surface area contributed by atoms with Crippen molar-refractivity contribution in [3.63, 3.8) is 0 Å². The maximum absolute atomic E-state index is 13.0. The first-order valence-corrected chi connectivity index (χ1v) is 9.31. The molecule has 0 unspecified atom stereocenters. The van der Waals surface area contributed by atoms with Gasteiger partial charge in [-0.05, 0) is 42.2 Å². The number of thioether (sulfide) groups is 1. The maximum Gasteiger partial charge on any atom is 0.299 e. The van der Waals surface area contributed by atoms with Gasteiger partial charge in [0.1, 0.15) is 23.9 Å². The monoisotopic (exact) mass is 412 g/mol. The molecule has 1 aromatic carbocycles. The van der Waals surface area contributed by atoms with Gasteiger partial charge in [0, 0.05) is 5.02 Å². The number of alkyl halides is 2. The Balaban J connectivity index is 1.68. The van der Waals surface area contributed by atoms with Gasteiger partial charge < -0.3 is 9.15 Å². The zero-order chi connectivity index (χ0) is 19.2. The molecule has 0 atom stereocenters. The van der Waals surface area contributed by atoms with Gasteiger partial charge in [-0.25, -0.2) is 8.78 Å². The molecule has 27 heavy (non-hydrogen) atoms. The first kappa shape index (κ1) is 19.4. The average molecular weight is 413 g/mol. The normalized spacial score (nSPS) is 11.6. The molecule has 10 heteroatoms. The van der Waals surface area contributed by atoms with Crippen molar-refractivity contribution in [3.8, 4) is 5.75 Å². The second-order valence-corrected chi connectivity index (χ2v) is 6.85. The van der Waals surface area contributed by atoms with E-state index in [1.807, 2.05) is 6.92 Å². The summed E-state index contributed by atoms with van der Waals surface area (Å²) in [7, 11) is 0. The van der Waals surface area contributed by atoms with Crippen LogP contribution in [0.4, 0.5) is 8.78 Å². The molecule has 0 aliphatic rings. The number of rotatable bonds is 8. The van der Waals surface area contributed by atoms with Crippen molar-refractivity contribution < 1.29 is 17.9 Å². The predicted molar refractivity (Wildman–Crippen MR) is 98.9 cm³/mol. The van der Waals surface area contributed by atoms with Crippen LogP contribution in [0.25, 0.3) is 0 Å². The zero-order valence-corrected chi connectivity index (χ0v) is 15.8. The summed E-state index contributed by atoms with van der Waals surface area (Å²) in [5, 5.41) is 12.2. The van der Waals surface area contributed by atoms with E-state index in [1.54, 1.807) is 36.4 Å². The Labute approximate surface area is 163 Å².